The zero-order chi connectivity index (χ0) is 12.5. The lowest BCUT2D eigenvalue weighted by Crippen LogP contribution is -2.20. The van der Waals surface area contributed by atoms with Crippen molar-refractivity contribution in [1.82, 2.24) is 4.90 Å². The molecule has 2 heteroatoms. The Kier molecular flexibility index (Phi) is 6.38. The summed E-state index contributed by atoms with van der Waals surface area (Å²) in [5, 5.41) is 0. The summed E-state index contributed by atoms with van der Waals surface area (Å²) >= 11 is 0. The summed E-state index contributed by atoms with van der Waals surface area (Å²) in [6, 6.07) is 10.6. The third-order valence-corrected chi connectivity index (χ3v) is 2.95. The van der Waals surface area contributed by atoms with Gasteiger partial charge in [0.25, 0.3) is 0 Å². The SMILES string of the molecule is CN(C)C(=O)CCCCCCc1ccccc1. The van der Waals surface area contributed by atoms with E-state index in [0.717, 1.165) is 19.3 Å². The maximum atomic E-state index is 11.3. The van der Waals surface area contributed by atoms with Crippen molar-refractivity contribution in [3.63, 3.8) is 0 Å². The van der Waals surface area contributed by atoms with Gasteiger partial charge >= 0.3 is 0 Å². The fourth-order valence-corrected chi connectivity index (χ4v) is 1.83. The van der Waals surface area contributed by atoms with E-state index in [0.29, 0.717) is 6.42 Å². The minimum Gasteiger partial charge on any atom is -0.349 e. The van der Waals surface area contributed by atoms with Crippen LogP contribution in [0, 0.1) is 0 Å². The zero-order valence-corrected chi connectivity index (χ0v) is 11.0. The molecule has 1 rings (SSSR count). The molecule has 2 nitrogen and oxygen atoms in total. The average Bonchev–Trinajstić information content (AvgIpc) is 2.34. The molecule has 0 saturated heterocycles. The molecule has 0 N–H and O–H groups in total. The second-order valence-corrected chi connectivity index (χ2v) is 4.69. The van der Waals surface area contributed by atoms with Gasteiger partial charge in [-0.2, -0.15) is 0 Å². The Morgan fingerprint density at radius 2 is 1.65 bits per heavy atom. The molecule has 0 fully saturated rings. The molecule has 94 valence electrons. The van der Waals surface area contributed by atoms with Crippen LogP contribution in [0.1, 0.15) is 37.7 Å². The number of benzene rings is 1. The van der Waals surface area contributed by atoms with Crippen molar-refractivity contribution in [1.29, 1.82) is 0 Å². The first-order valence-electron chi connectivity index (χ1n) is 6.44. The maximum Gasteiger partial charge on any atom is 0.222 e. The van der Waals surface area contributed by atoms with Gasteiger partial charge in [0.1, 0.15) is 0 Å². The Hall–Kier alpha value is -1.31. The molecule has 0 radical (unpaired) electrons. The summed E-state index contributed by atoms with van der Waals surface area (Å²) in [6.07, 6.45) is 6.47. The summed E-state index contributed by atoms with van der Waals surface area (Å²) in [5.74, 6) is 0.244. The van der Waals surface area contributed by atoms with Crippen LogP contribution >= 0.6 is 0 Å². The van der Waals surface area contributed by atoms with Gasteiger partial charge in [-0.1, -0.05) is 43.2 Å². The molecular weight excluding hydrogens is 210 g/mol. The fourth-order valence-electron chi connectivity index (χ4n) is 1.83. The second kappa shape index (κ2) is 7.88. The molecule has 1 aromatic carbocycles. The van der Waals surface area contributed by atoms with Crippen LogP contribution in [-0.2, 0) is 11.2 Å². The van der Waals surface area contributed by atoms with E-state index < -0.39 is 0 Å². The van der Waals surface area contributed by atoms with E-state index in [2.05, 4.69) is 30.3 Å². The van der Waals surface area contributed by atoms with Crippen molar-refractivity contribution in [3.8, 4) is 0 Å². The molecule has 0 heterocycles. The van der Waals surface area contributed by atoms with Gasteiger partial charge in [0, 0.05) is 20.5 Å². The van der Waals surface area contributed by atoms with Crippen LogP contribution in [0.25, 0.3) is 0 Å². The van der Waals surface area contributed by atoms with Crippen molar-refractivity contribution in [3.05, 3.63) is 35.9 Å². The van der Waals surface area contributed by atoms with Crippen LogP contribution in [0.2, 0.25) is 0 Å². The normalized spacial score (nSPS) is 10.2. The molecule has 0 atom stereocenters. The monoisotopic (exact) mass is 233 g/mol. The Morgan fingerprint density at radius 1 is 1.00 bits per heavy atom. The van der Waals surface area contributed by atoms with Crippen LogP contribution < -0.4 is 0 Å². The molecule has 0 bridgehead atoms. The van der Waals surface area contributed by atoms with E-state index in [4.69, 9.17) is 0 Å². The highest BCUT2D eigenvalue weighted by atomic mass is 16.2. The quantitative estimate of drug-likeness (QED) is 0.662. The maximum absolute atomic E-state index is 11.3. The Balaban J connectivity index is 2.00. The third-order valence-electron chi connectivity index (χ3n) is 2.95. The molecule has 0 spiro atoms. The molecule has 0 aliphatic heterocycles. The van der Waals surface area contributed by atoms with Crippen LogP contribution in [0.4, 0.5) is 0 Å². The standard InChI is InChI=1S/C15H23NO/c1-16(2)15(17)13-9-4-3-6-10-14-11-7-5-8-12-14/h5,7-8,11-12H,3-4,6,9-10,13H2,1-2H3. The van der Waals surface area contributed by atoms with Gasteiger partial charge in [0.15, 0.2) is 0 Å². The fraction of sp³-hybridized carbons (Fsp3) is 0.533. The first-order valence-corrected chi connectivity index (χ1v) is 6.44. The number of hydrogen-bond acceptors (Lipinski definition) is 1. The lowest BCUT2D eigenvalue weighted by Gasteiger charge is -2.09. The smallest absolute Gasteiger partial charge is 0.222 e. The summed E-state index contributed by atoms with van der Waals surface area (Å²) in [7, 11) is 3.63. The molecule has 0 unspecified atom stereocenters. The Bertz CT molecular complexity index is 319. The number of nitrogens with zero attached hydrogens (tertiary/aromatic N) is 1. The van der Waals surface area contributed by atoms with E-state index in [-0.39, 0.29) is 5.91 Å². The summed E-state index contributed by atoms with van der Waals surface area (Å²) in [6.45, 7) is 0. The van der Waals surface area contributed by atoms with Gasteiger partial charge in [-0.05, 0) is 24.8 Å². The molecule has 17 heavy (non-hydrogen) atoms. The van der Waals surface area contributed by atoms with Gasteiger partial charge in [0.2, 0.25) is 5.91 Å². The molecule has 0 aliphatic carbocycles. The minimum absolute atomic E-state index is 0.244. The van der Waals surface area contributed by atoms with E-state index in [1.807, 2.05) is 14.1 Å². The number of unbranched alkanes of at least 4 members (excludes halogenated alkanes) is 3. The molecule has 0 aromatic heterocycles. The van der Waals surface area contributed by atoms with Gasteiger partial charge in [0.05, 0.1) is 0 Å². The predicted octanol–water partition coefficient (Wildman–Crippen LogP) is 3.27. The lowest BCUT2D eigenvalue weighted by atomic mass is 10.1. The number of rotatable bonds is 7. The van der Waals surface area contributed by atoms with Crippen LogP contribution in [0.3, 0.4) is 0 Å². The molecule has 1 aromatic rings. The predicted molar refractivity (Wildman–Crippen MR) is 71.9 cm³/mol. The molecular formula is C15H23NO. The lowest BCUT2D eigenvalue weighted by molar-refractivity contribution is -0.128. The molecule has 0 aliphatic rings. The van der Waals surface area contributed by atoms with E-state index >= 15 is 0 Å². The first kappa shape index (κ1) is 13.8. The summed E-state index contributed by atoms with van der Waals surface area (Å²) in [4.78, 5) is 13.0. The molecule has 1 amide bonds. The topological polar surface area (TPSA) is 20.3 Å². The van der Waals surface area contributed by atoms with Gasteiger partial charge in [-0.25, -0.2) is 0 Å². The van der Waals surface area contributed by atoms with Crippen LogP contribution in [0.5, 0.6) is 0 Å². The van der Waals surface area contributed by atoms with Crippen molar-refractivity contribution < 1.29 is 4.79 Å². The number of hydrogen-bond donors (Lipinski definition) is 0. The first-order chi connectivity index (χ1) is 8.20. The summed E-state index contributed by atoms with van der Waals surface area (Å²) < 4.78 is 0. The van der Waals surface area contributed by atoms with E-state index in [1.165, 1.54) is 18.4 Å². The Labute approximate surface area is 105 Å². The highest BCUT2D eigenvalue weighted by molar-refractivity contribution is 5.75. The van der Waals surface area contributed by atoms with Gasteiger partial charge in [-0.3, -0.25) is 4.79 Å². The van der Waals surface area contributed by atoms with E-state index in [9.17, 15) is 4.79 Å². The van der Waals surface area contributed by atoms with Crippen molar-refractivity contribution in [2.45, 2.75) is 38.5 Å². The second-order valence-electron chi connectivity index (χ2n) is 4.69. The number of amides is 1. The minimum atomic E-state index is 0.244. The van der Waals surface area contributed by atoms with Crippen LogP contribution in [-0.4, -0.2) is 24.9 Å². The molecule has 0 saturated carbocycles. The highest BCUT2D eigenvalue weighted by Gasteiger charge is 2.02. The highest BCUT2D eigenvalue weighted by Crippen LogP contribution is 2.09. The number of aryl methyl sites for hydroxylation is 1. The van der Waals surface area contributed by atoms with Crippen LogP contribution in [0.15, 0.2) is 30.3 Å². The summed E-state index contributed by atoms with van der Waals surface area (Å²) in [5.41, 5.74) is 1.41. The van der Waals surface area contributed by atoms with E-state index in [1.54, 1.807) is 4.90 Å². The van der Waals surface area contributed by atoms with Crippen molar-refractivity contribution >= 4 is 5.91 Å². The number of carbonyl (C=O) groups is 1. The third kappa shape index (κ3) is 6.10. The largest absolute Gasteiger partial charge is 0.349 e. The van der Waals surface area contributed by atoms with Gasteiger partial charge in [-0.15, -0.1) is 0 Å². The van der Waals surface area contributed by atoms with Gasteiger partial charge < -0.3 is 4.90 Å². The van der Waals surface area contributed by atoms with Crippen molar-refractivity contribution in [2.24, 2.45) is 0 Å². The zero-order valence-electron chi connectivity index (χ0n) is 11.0. The average molecular weight is 233 g/mol. The Morgan fingerprint density at radius 3 is 2.29 bits per heavy atom. The number of carbonyl (C=O) groups excluding carboxylic acids is 1. The van der Waals surface area contributed by atoms with Crippen molar-refractivity contribution in [2.75, 3.05) is 14.1 Å².